The number of anilines is 1. The molecule has 1 heterocycles. The molecule has 1 aliphatic rings. The first-order valence-electron chi connectivity index (χ1n) is 5.62. The quantitative estimate of drug-likeness (QED) is 0.831. The van der Waals surface area contributed by atoms with Gasteiger partial charge in [0.05, 0.1) is 11.1 Å². The topological polar surface area (TPSA) is 62.9 Å². The van der Waals surface area contributed by atoms with Gasteiger partial charge in [-0.05, 0) is 38.2 Å². The van der Waals surface area contributed by atoms with E-state index in [2.05, 4.69) is 17.3 Å². The van der Waals surface area contributed by atoms with Gasteiger partial charge in [-0.15, -0.1) is 0 Å². The SMILES string of the molecule is CN1CCC(Nc2ccc(C#N)c(C#N)c2)C1. The van der Waals surface area contributed by atoms with Crippen LogP contribution in [0.25, 0.3) is 0 Å². The Balaban J connectivity index is 2.13. The van der Waals surface area contributed by atoms with E-state index in [1.54, 1.807) is 12.1 Å². The Morgan fingerprint density at radius 1 is 1.29 bits per heavy atom. The minimum atomic E-state index is 0.430. The number of rotatable bonds is 2. The van der Waals surface area contributed by atoms with E-state index in [0.717, 1.165) is 25.2 Å². The summed E-state index contributed by atoms with van der Waals surface area (Å²) in [4.78, 5) is 2.27. The summed E-state index contributed by atoms with van der Waals surface area (Å²) in [5.74, 6) is 0. The van der Waals surface area contributed by atoms with Crippen LogP contribution in [-0.2, 0) is 0 Å². The van der Waals surface area contributed by atoms with Gasteiger partial charge in [-0.3, -0.25) is 0 Å². The fourth-order valence-electron chi connectivity index (χ4n) is 2.11. The molecular weight excluding hydrogens is 212 g/mol. The highest BCUT2D eigenvalue weighted by Gasteiger charge is 2.19. The monoisotopic (exact) mass is 226 g/mol. The molecule has 1 aliphatic heterocycles. The highest BCUT2D eigenvalue weighted by atomic mass is 15.2. The summed E-state index contributed by atoms with van der Waals surface area (Å²) in [7, 11) is 2.10. The van der Waals surface area contributed by atoms with Gasteiger partial charge in [-0.25, -0.2) is 0 Å². The fraction of sp³-hybridized carbons (Fsp3) is 0.385. The lowest BCUT2D eigenvalue weighted by Gasteiger charge is -2.14. The lowest BCUT2D eigenvalue weighted by molar-refractivity contribution is 0.414. The Hall–Kier alpha value is -2.04. The molecule has 4 nitrogen and oxygen atoms in total. The van der Waals surface area contributed by atoms with Crippen LogP contribution in [0, 0.1) is 22.7 Å². The standard InChI is InChI=1S/C13H14N4/c1-17-5-4-13(9-17)16-12-3-2-10(7-14)11(6-12)8-15/h2-3,6,13,16H,4-5,9H2,1H3. The van der Waals surface area contributed by atoms with Gasteiger partial charge in [0.2, 0.25) is 0 Å². The molecule has 1 fully saturated rings. The number of nitriles is 2. The Labute approximate surface area is 101 Å². The highest BCUT2D eigenvalue weighted by Crippen LogP contribution is 2.18. The lowest BCUT2D eigenvalue weighted by atomic mass is 10.1. The number of nitrogens with one attached hydrogen (secondary N) is 1. The fourth-order valence-corrected chi connectivity index (χ4v) is 2.11. The van der Waals surface area contributed by atoms with Crippen LogP contribution in [0.5, 0.6) is 0 Å². The molecular formula is C13H14N4. The first kappa shape index (κ1) is 11.4. The molecule has 1 unspecified atom stereocenters. The van der Waals surface area contributed by atoms with E-state index in [1.165, 1.54) is 0 Å². The molecule has 86 valence electrons. The molecule has 0 spiro atoms. The maximum absolute atomic E-state index is 8.94. The van der Waals surface area contributed by atoms with Gasteiger partial charge in [-0.1, -0.05) is 0 Å². The number of nitrogens with zero attached hydrogens (tertiary/aromatic N) is 3. The third kappa shape index (κ3) is 2.55. The van der Waals surface area contributed by atoms with E-state index in [0.29, 0.717) is 17.2 Å². The van der Waals surface area contributed by atoms with Crippen LogP contribution in [0.4, 0.5) is 5.69 Å². The molecule has 0 radical (unpaired) electrons. The zero-order valence-corrected chi connectivity index (χ0v) is 9.77. The second-order valence-electron chi connectivity index (χ2n) is 4.38. The van der Waals surface area contributed by atoms with Gasteiger partial charge >= 0.3 is 0 Å². The molecule has 1 N–H and O–H groups in total. The summed E-state index contributed by atoms with van der Waals surface area (Å²) in [5.41, 5.74) is 1.78. The van der Waals surface area contributed by atoms with Crippen LogP contribution in [0.15, 0.2) is 18.2 Å². The minimum Gasteiger partial charge on any atom is -0.381 e. The largest absolute Gasteiger partial charge is 0.381 e. The zero-order valence-electron chi connectivity index (χ0n) is 9.77. The van der Waals surface area contributed by atoms with Crippen molar-refractivity contribution < 1.29 is 0 Å². The zero-order chi connectivity index (χ0) is 12.3. The van der Waals surface area contributed by atoms with Crippen molar-refractivity contribution in [1.29, 1.82) is 10.5 Å². The van der Waals surface area contributed by atoms with Crippen LogP contribution in [0.1, 0.15) is 17.5 Å². The molecule has 1 saturated heterocycles. The molecule has 4 heteroatoms. The first-order valence-corrected chi connectivity index (χ1v) is 5.62. The van der Waals surface area contributed by atoms with Crippen molar-refractivity contribution in [2.24, 2.45) is 0 Å². The van der Waals surface area contributed by atoms with Gasteiger partial charge in [-0.2, -0.15) is 10.5 Å². The number of hydrogen-bond donors (Lipinski definition) is 1. The predicted molar refractivity (Wildman–Crippen MR) is 65.4 cm³/mol. The van der Waals surface area contributed by atoms with Crippen molar-refractivity contribution in [1.82, 2.24) is 4.90 Å². The molecule has 1 atom stereocenters. The van der Waals surface area contributed by atoms with Crippen LogP contribution in [0.3, 0.4) is 0 Å². The summed E-state index contributed by atoms with van der Waals surface area (Å²) < 4.78 is 0. The Bertz CT molecular complexity index is 495. The average molecular weight is 226 g/mol. The normalized spacial score (nSPS) is 19.6. The van der Waals surface area contributed by atoms with Gasteiger partial charge in [0.1, 0.15) is 12.1 Å². The van der Waals surface area contributed by atoms with Crippen LogP contribution < -0.4 is 5.32 Å². The van der Waals surface area contributed by atoms with Crippen LogP contribution >= 0.6 is 0 Å². The second kappa shape index (κ2) is 4.86. The maximum atomic E-state index is 8.94. The van der Waals surface area contributed by atoms with Crippen molar-refractivity contribution in [2.75, 3.05) is 25.5 Å². The van der Waals surface area contributed by atoms with Gasteiger partial charge in [0, 0.05) is 18.3 Å². The Morgan fingerprint density at radius 2 is 2.06 bits per heavy atom. The van der Waals surface area contributed by atoms with Crippen molar-refractivity contribution in [3.8, 4) is 12.1 Å². The molecule has 0 saturated carbocycles. The summed E-state index contributed by atoms with van der Waals surface area (Å²) in [6.45, 7) is 2.11. The molecule has 0 amide bonds. The molecule has 0 aromatic heterocycles. The van der Waals surface area contributed by atoms with E-state index < -0.39 is 0 Å². The summed E-state index contributed by atoms with van der Waals surface area (Å²) in [6, 6.07) is 9.79. The number of hydrogen-bond acceptors (Lipinski definition) is 4. The van der Waals surface area contributed by atoms with E-state index >= 15 is 0 Å². The second-order valence-corrected chi connectivity index (χ2v) is 4.38. The van der Waals surface area contributed by atoms with Crippen LogP contribution in [0.2, 0.25) is 0 Å². The molecule has 0 aliphatic carbocycles. The smallest absolute Gasteiger partial charge is 0.101 e. The van der Waals surface area contributed by atoms with E-state index in [-0.39, 0.29) is 0 Å². The van der Waals surface area contributed by atoms with Gasteiger partial charge in [0.25, 0.3) is 0 Å². The van der Waals surface area contributed by atoms with E-state index in [1.807, 2.05) is 18.2 Å². The van der Waals surface area contributed by atoms with Gasteiger partial charge in [0.15, 0.2) is 0 Å². The van der Waals surface area contributed by atoms with Gasteiger partial charge < -0.3 is 10.2 Å². The third-order valence-corrected chi connectivity index (χ3v) is 3.02. The number of likely N-dealkylation sites (N-methyl/N-ethyl adjacent to an activating group) is 1. The molecule has 0 bridgehead atoms. The first-order chi connectivity index (χ1) is 8.22. The van der Waals surface area contributed by atoms with Crippen molar-refractivity contribution in [3.05, 3.63) is 29.3 Å². The molecule has 1 aromatic rings. The molecule has 2 rings (SSSR count). The van der Waals surface area contributed by atoms with Crippen molar-refractivity contribution in [3.63, 3.8) is 0 Å². The summed E-state index contributed by atoms with van der Waals surface area (Å²) >= 11 is 0. The molecule has 1 aromatic carbocycles. The Kier molecular flexibility index (Phi) is 3.27. The van der Waals surface area contributed by atoms with E-state index in [4.69, 9.17) is 10.5 Å². The van der Waals surface area contributed by atoms with Crippen molar-refractivity contribution in [2.45, 2.75) is 12.5 Å². The third-order valence-electron chi connectivity index (χ3n) is 3.02. The minimum absolute atomic E-state index is 0.430. The Morgan fingerprint density at radius 3 is 2.65 bits per heavy atom. The highest BCUT2D eigenvalue weighted by molar-refractivity contribution is 5.56. The predicted octanol–water partition coefficient (Wildman–Crippen LogP) is 1.55. The average Bonchev–Trinajstić information content (AvgIpc) is 2.74. The molecule has 17 heavy (non-hydrogen) atoms. The number of benzene rings is 1. The van der Waals surface area contributed by atoms with Crippen molar-refractivity contribution >= 4 is 5.69 Å². The number of likely N-dealkylation sites (tertiary alicyclic amines) is 1. The van der Waals surface area contributed by atoms with Crippen LogP contribution in [-0.4, -0.2) is 31.1 Å². The summed E-state index contributed by atoms with van der Waals surface area (Å²) in [5, 5.41) is 21.2. The maximum Gasteiger partial charge on any atom is 0.101 e. The van der Waals surface area contributed by atoms with E-state index in [9.17, 15) is 0 Å². The summed E-state index contributed by atoms with van der Waals surface area (Å²) in [6.07, 6.45) is 1.11. The lowest BCUT2D eigenvalue weighted by Crippen LogP contribution is -2.23.